The van der Waals surface area contributed by atoms with E-state index in [1.807, 2.05) is 0 Å². The Bertz CT molecular complexity index is 954. The highest BCUT2D eigenvalue weighted by Crippen LogP contribution is 2.25. The molecule has 13 heteroatoms. The second kappa shape index (κ2) is 8.25. The number of hydrogen-bond acceptors (Lipinski definition) is 9. The maximum absolute atomic E-state index is 12.4. The van der Waals surface area contributed by atoms with Gasteiger partial charge in [0.15, 0.2) is 0 Å². The minimum Gasteiger partial charge on any atom is -0.473 e. The molecule has 0 bridgehead atoms. The molecule has 11 nitrogen and oxygen atoms in total. The molecule has 0 fully saturated rings. The van der Waals surface area contributed by atoms with Crippen molar-refractivity contribution in [2.45, 2.75) is 16.3 Å². The van der Waals surface area contributed by atoms with Crippen LogP contribution in [0.5, 0.6) is 5.88 Å². The Hall–Kier alpha value is -2.51. The van der Waals surface area contributed by atoms with Gasteiger partial charge in [-0.2, -0.15) is 8.42 Å². The Balaban J connectivity index is 1.93. The van der Waals surface area contributed by atoms with Gasteiger partial charge in [-0.1, -0.05) is 18.2 Å². The first-order valence-corrected chi connectivity index (χ1v) is 10.3. The van der Waals surface area contributed by atoms with E-state index in [2.05, 4.69) is 20.3 Å². The van der Waals surface area contributed by atoms with E-state index in [0.717, 1.165) is 0 Å². The molecule has 1 aromatic carbocycles. The second-order valence-electron chi connectivity index (χ2n) is 4.93. The molecule has 142 valence electrons. The van der Waals surface area contributed by atoms with Gasteiger partial charge in [0, 0.05) is 6.54 Å². The topological polar surface area (TPSA) is 166 Å². The monoisotopic (exact) mass is 405 g/mol. The first-order chi connectivity index (χ1) is 12.2. The molecular weight excluding hydrogens is 390 g/mol. The number of nitrogens with zero attached hydrogens (tertiary/aromatic N) is 2. The standard InChI is InChI=1S/C13H15N3O8S2/c17-11(14-7-9-25(18,19)20)6-8-23-12-13(16-24-15-12)26(21,22)10-4-2-1-3-5-10/h1-5H,6-9H2,(H,14,17)(H,18,19,20). The smallest absolute Gasteiger partial charge is 0.295 e. The molecule has 1 aromatic heterocycles. The van der Waals surface area contributed by atoms with Crippen LogP contribution in [-0.4, -0.2) is 56.5 Å². The first kappa shape index (κ1) is 19.8. The van der Waals surface area contributed by atoms with Crippen LogP contribution < -0.4 is 10.1 Å². The Morgan fingerprint density at radius 1 is 1.15 bits per heavy atom. The number of hydrogen-bond donors (Lipinski definition) is 2. The maximum atomic E-state index is 12.4. The number of ether oxygens (including phenoxy) is 1. The zero-order valence-corrected chi connectivity index (χ0v) is 14.9. The van der Waals surface area contributed by atoms with E-state index in [4.69, 9.17) is 9.29 Å². The zero-order valence-electron chi connectivity index (χ0n) is 13.2. The summed E-state index contributed by atoms with van der Waals surface area (Å²) in [7, 11) is -8.16. The van der Waals surface area contributed by atoms with Crippen LogP contribution in [0.2, 0.25) is 0 Å². The Labute approximate surface area is 149 Å². The van der Waals surface area contributed by atoms with Crippen LogP contribution >= 0.6 is 0 Å². The van der Waals surface area contributed by atoms with Crippen molar-refractivity contribution in [3.8, 4) is 5.88 Å². The van der Waals surface area contributed by atoms with Crippen molar-refractivity contribution < 1.29 is 35.5 Å². The van der Waals surface area contributed by atoms with Crippen molar-refractivity contribution >= 4 is 25.9 Å². The van der Waals surface area contributed by atoms with Crippen molar-refractivity contribution in [1.82, 2.24) is 15.6 Å². The van der Waals surface area contributed by atoms with Crippen molar-refractivity contribution in [2.75, 3.05) is 18.9 Å². The number of aromatic nitrogens is 2. The predicted octanol–water partition coefficient (Wildman–Crippen LogP) is -0.325. The molecule has 0 saturated carbocycles. The number of carbonyl (C=O) groups excluding carboxylic acids is 1. The summed E-state index contributed by atoms with van der Waals surface area (Å²) in [5, 5.41) is 8.45. The third-order valence-electron chi connectivity index (χ3n) is 2.99. The molecule has 1 heterocycles. The van der Waals surface area contributed by atoms with E-state index in [0.29, 0.717) is 0 Å². The highest BCUT2D eigenvalue weighted by atomic mass is 32.2. The third-order valence-corrected chi connectivity index (χ3v) is 5.36. The van der Waals surface area contributed by atoms with Gasteiger partial charge >= 0.3 is 0 Å². The van der Waals surface area contributed by atoms with E-state index < -0.39 is 36.6 Å². The normalized spacial score (nSPS) is 11.9. The zero-order chi connectivity index (χ0) is 19.2. The number of sulfone groups is 1. The quantitative estimate of drug-likeness (QED) is 0.528. The van der Waals surface area contributed by atoms with Crippen LogP contribution in [0.15, 0.2) is 44.9 Å². The summed E-state index contributed by atoms with van der Waals surface area (Å²) in [6.45, 7) is -0.514. The van der Waals surface area contributed by atoms with Gasteiger partial charge in [-0.3, -0.25) is 9.35 Å². The molecule has 0 radical (unpaired) electrons. The summed E-state index contributed by atoms with van der Waals surface area (Å²) in [6, 6.07) is 7.47. The van der Waals surface area contributed by atoms with Gasteiger partial charge in [-0.25, -0.2) is 13.0 Å². The maximum Gasteiger partial charge on any atom is 0.295 e. The van der Waals surface area contributed by atoms with Gasteiger partial charge in [0.05, 0.1) is 23.7 Å². The molecule has 2 aromatic rings. The van der Waals surface area contributed by atoms with Gasteiger partial charge in [0.1, 0.15) is 0 Å². The molecule has 0 unspecified atom stereocenters. The highest BCUT2D eigenvalue weighted by Gasteiger charge is 2.28. The first-order valence-electron chi connectivity index (χ1n) is 7.17. The van der Waals surface area contributed by atoms with E-state index in [-0.39, 0.29) is 30.3 Å². The lowest BCUT2D eigenvalue weighted by atomic mass is 10.4. The van der Waals surface area contributed by atoms with Crippen LogP contribution in [-0.2, 0) is 24.7 Å². The van der Waals surface area contributed by atoms with Crippen molar-refractivity contribution in [3.05, 3.63) is 30.3 Å². The summed E-state index contributed by atoms with van der Waals surface area (Å²) < 4.78 is 64.0. The summed E-state index contributed by atoms with van der Waals surface area (Å²) in [6.07, 6.45) is -0.205. The van der Waals surface area contributed by atoms with Crippen LogP contribution in [0, 0.1) is 0 Å². The van der Waals surface area contributed by atoms with Gasteiger partial charge in [0.25, 0.3) is 21.0 Å². The largest absolute Gasteiger partial charge is 0.473 e. The number of amides is 1. The summed E-state index contributed by atoms with van der Waals surface area (Å²) >= 11 is 0. The Morgan fingerprint density at radius 2 is 1.85 bits per heavy atom. The average molecular weight is 405 g/mol. The molecule has 0 aliphatic rings. The Kier molecular flexibility index (Phi) is 6.28. The predicted molar refractivity (Wildman–Crippen MR) is 85.7 cm³/mol. The molecule has 0 atom stereocenters. The van der Waals surface area contributed by atoms with Crippen molar-refractivity contribution in [3.63, 3.8) is 0 Å². The van der Waals surface area contributed by atoms with E-state index >= 15 is 0 Å². The van der Waals surface area contributed by atoms with Crippen molar-refractivity contribution in [1.29, 1.82) is 0 Å². The number of benzene rings is 1. The second-order valence-corrected chi connectivity index (χ2v) is 8.36. The van der Waals surface area contributed by atoms with Crippen LogP contribution in [0.1, 0.15) is 6.42 Å². The average Bonchev–Trinajstić information content (AvgIpc) is 3.04. The van der Waals surface area contributed by atoms with Crippen molar-refractivity contribution in [2.24, 2.45) is 0 Å². The Morgan fingerprint density at radius 3 is 2.50 bits per heavy atom. The lowest BCUT2D eigenvalue weighted by Gasteiger charge is -2.06. The van der Waals surface area contributed by atoms with Crippen LogP contribution in [0.4, 0.5) is 0 Å². The number of nitrogens with one attached hydrogen (secondary N) is 1. The number of carbonyl (C=O) groups is 1. The molecule has 0 aliphatic heterocycles. The minimum atomic E-state index is -4.17. The van der Waals surface area contributed by atoms with Crippen LogP contribution in [0.3, 0.4) is 0 Å². The molecule has 0 saturated heterocycles. The van der Waals surface area contributed by atoms with E-state index in [1.165, 1.54) is 24.3 Å². The molecule has 26 heavy (non-hydrogen) atoms. The van der Waals surface area contributed by atoms with E-state index in [9.17, 15) is 21.6 Å². The van der Waals surface area contributed by atoms with E-state index in [1.54, 1.807) is 6.07 Å². The lowest BCUT2D eigenvalue weighted by molar-refractivity contribution is -0.121. The molecule has 0 aliphatic carbocycles. The third kappa shape index (κ3) is 5.50. The van der Waals surface area contributed by atoms with Gasteiger partial charge in [-0.05, 0) is 22.4 Å². The fourth-order valence-corrected chi connectivity index (χ4v) is 3.34. The molecule has 1 amide bonds. The molecular formula is C13H15N3O8S2. The fourth-order valence-electron chi connectivity index (χ4n) is 1.78. The minimum absolute atomic E-state index is 0.0245. The summed E-state index contributed by atoms with van der Waals surface area (Å²) in [4.78, 5) is 11.5. The summed E-state index contributed by atoms with van der Waals surface area (Å²) in [5.74, 6) is -1.57. The van der Waals surface area contributed by atoms with Gasteiger partial charge in [0.2, 0.25) is 15.7 Å². The summed E-state index contributed by atoms with van der Waals surface area (Å²) in [5.41, 5.74) is 0. The molecule has 2 rings (SSSR count). The fraction of sp³-hybridized carbons (Fsp3) is 0.308. The highest BCUT2D eigenvalue weighted by molar-refractivity contribution is 7.91. The van der Waals surface area contributed by atoms with Gasteiger partial charge in [-0.15, -0.1) is 0 Å². The number of rotatable bonds is 9. The lowest BCUT2D eigenvalue weighted by Crippen LogP contribution is -2.29. The SMILES string of the molecule is O=C(CCOc1nonc1S(=O)(=O)c1ccccc1)NCCS(=O)(=O)O. The van der Waals surface area contributed by atoms with Crippen LogP contribution in [0.25, 0.3) is 0 Å². The molecule has 0 spiro atoms. The van der Waals surface area contributed by atoms with Gasteiger partial charge < -0.3 is 10.1 Å². The molecule has 2 N–H and O–H groups in total.